The van der Waals surface area contributed by atoms with Gasteiger partial charge in [-0.25, -0.2) is 4.79 Å². The summed E-state index contributed by atoms with van der Waals surface area (Å²) < 4.78 is 11.1. The number of fused-ring (bicyclic) bond motifs is 1. The molecule has 0 aliphatic heterocycles. The molecule has 5 heteroatoms. The molecule has 0 fully saturated rings. The largest absolute Gasteiger partial charge is 0.493 e. The highest BCUT2D eigenvalue weighted by Gasteiger charge is 2.21. The average Bonchev–Trinajstić information content (AvgIpc) is 3.03. The Morgan fingerprint density at radius 2 is 2.08 bits per heavy atom. The fraction of sp³-hybridized carbons (Fsp3) is 0.429. The number of carbonyl (C=O) groups is 2. The van der Waals surface area contributed by atoms with E-state index in [0.29, 0.717) is 34.3 Å². The number of rotatable bonds is 6. The second kappa shape index (κ2) is 8.04. The Morgan fingerprint density at radius 1 is 1.27 bits per heavy atom. The van der Waals surface area contributed by atoms with Gasteiger partial charge in [-0.05, 0) is 68.9 Å². The Bertz CT molecular complexity index is 821. The molecule has 0 saturated heterocycles. The van der Waals surface area contributed by atoms with E-state index in [4.69, 9.17) is 9.47 Å². The predicted molar refractivity (Wildman–Crippen MR) is 102 cm³/mol. The maximum atomic E-state index is 12.5. The van der Waals surface area contributed by atoms with Crippen LogP contribution >= 0.6 is 11.3 Å². The lowest BCUT2D eigenvalue weighted by atomic mass is 9.90. The summed E-state index contributed by atoms with van der Waals surface area (Å²) >= 11 is 1.54. The van der Waals surface area contributed by atoms with Crippen LogP contribution in [0.25, 0.3) is 0 Å². The summed E-state index contributed by atoms with van der Waals surface area (Å²) in [5, 5.41) is 0. The number of thiophene rings is 1. The molecule has 0 N–H and O–H groups in total. The van der Waals surface area contributed by atoms with E-state index < -0.39 is 0 Å². The van der Waals surface area contributed by atoms with Crippen molar-refractivity contribution in [1.29, 1.82) is 0 Å². The normalized spacial score (nSPS) is 16.0. The SMILES string of the molecule is CCOc1ccc(C(C)=O)cc1COC(=O)c1cc2c(s1)CC[C@@H](C)C2. The number of esters is 1. The molecule has 1 heterocycles. The van der Waals surface area contributed by atoms with Gasteiger partial charge in [0.25, 0.3) is 0 Å². The van der Waals surface area contributed by atoms with Gasteiger partial charge in [-0.15, -0.1) is 11.3 Å². The first-order valence-electron chi connectivity index (χ1n) is 9.03. The lowest BCUT2D eigenvalue weighted by molar-refractivity contribution is 0.0475. The lowest BCUT2D eigenvalue weighted by Gasteiger charge is -2.16. The van der Waals surface area contributed by atoms with Crippen LogP contribution in [0.15, 0.2) is 24.3 Å². The summed E-state index contributed by atoms with van der Waals surface area (Å²) in [6.07, 6.45) is 3.26. The van der Waals surface area contributed by atoms with Crippen molar-refractivity contribution < 1.29 is 19.1 Å². The van der Waals surface area contributed by atoms with Gasteiger partial charge in [-0.1, -0.05) is 6.92 Å². The zero-order chi connectivity index (χ0) is 18.7. The molecule has 138 valence electrons. The van der Waals surface area contributed by atoms with Gasteiger partial charge in [0.05, 0.1) is 6.61 Å². The first-order chi connectivity index (χ1) is 12.5. The maximum Gasteiger partial charge on any atom is 0.348 e. The van der Waals surface area contributed by atoms with Crippen LogP contribution in [0, 0.1) is 5.92 Å². The zero-order valence-corrected chi connectivity index (χ0v) is 16.3. The minimum atomic E-state index is -0.312. The third-order valence-corrected chi connectivity index (χ3v) is 5.87. The van der Waals surface area contributed by atoms with Gasteiger partial charge < -0.3 is 9.47 Å². The van der Waals surface area contributed by atoms with Gasteiger partial charge >= 0.3 is 5.97 Å². The number of carbonyl (C=O) groups excluding carboxylic acids is 2. The molecular formula is C21H24O4S. The van der Waals surface area contributed by atoms with E-state index in [9.17, 15) is 9.59 Å². The zero-order valence-electron chi connectivity index (χ0n) is 15.5. The monoisotopic (exact) mass is 372 g/mol. The minimum Gasteiger partial charge on any atom is -0.493 e. The molecular weight excluding hydrogens is 348 g/mol. The lowest BCUT2D eigenvalue weighted by Crippen LogP contribution is -2.08. The summed E-state index contributed by atoms with van der Waals surface area (Å²) in [5.74, 6) is 0.974. The third kappa shape index (κ3) is 4.15. The number of hydrogen-bond acceptors (Lipinski definition) is 5. The molecule has 0 radical (unpaired) electrons. The van der Waals surface area contributed by atoms with E-state index in [2.05, 4.69) is 6.92 Å². The van der Waals surface area contributed by atoms with E-state index in [-0.39, 0.29) is 18.4 Å². The van der Waals surface area contributed by atoms with Crippen LogP contribution in [0.2, 0.25) is 0 Å². The molecule has 1 aliphatic rings. The van der Waals surface area contributed by atoms with Crippen molar-refractivity contribution in [2.45, 2.75) is 46.6 Å². The van der Waals surface area contributed by atoms with Crippen molar-refractivity contribution in [3.8, 4) is 5.75 Å². The van der Waals surface area contributed by atoms with Crippen molar-refractivity contribution in [2.75, 3.05) is 6.61 Å². The number of ether oxygens (including phenoxy) is 2. The van der Waals surface area contributed by atoms with E-state index in [1.54, 1.807) is 29.5 Å². The van der Waals surface area contributed by atoms with Crippen molar-refractivity contribution in [1.82, 2.24) is 0 Å². The van der Waals surface area contributed by atoms with Gasteiger partial charge in [0.1, 0.15) is 17.2 Å². The summed E-state index contributed by atoms with van der Waals surface area (Å²) in [6, 6.07) is 7.21. The molecule has 0 bridgehead atoms. The maximum absolute atomic E-state index is 12.5. The van der Waals surface area contributed by atoms with Crippen LogP contribution in [-0.2, 0) is 24.2 Å². The smallest absolute Gasteiger partial charge is 0.348 e. The molecule has 2 aromatic rings. The van der Waals surface area contributed by atoms with Gasteiger partial charge in [-0.3, -0.25) is 4.79 Å². The molecule has 1 aliphatic carbocycles. The van der Waals surface area contributed by atoms with Crippen molar-refractivity contribution >= 4 is 23.1 Å². The highest BCUT2D eigenvalue weighted by Crippen LogP contribution is 2.32. The summed E-state index contributed by atoms with van der Waals surface area (Å²) in [7, 11) is 0. The predicted octanol–water partition coefficient (Wildman–Crippen LogP) is 4.83. The highest BCUT2D eigenvalue weighted by atomic mass is 32.1. The molecule has 3 rings (SSSR count). The Labute approximate surface area is 158 Å². The van der Waals surface area contributed by atoms with Gasteiger partial charge in [-0.2, -0.15) is 0 Å². The standard InChI is InChI=1S/C21H24O4S/c1-4-24-18-7-6-15(14(3)22)10-17(18)12-25-21(23)20-11-16-9-13(2)5-8-19(16)26-20/h6-7,10-11,13H,4-5,8-9,12H2,1-3H3/t13-/m1/s1. The van der Waals surface area contributed by atoms with Crippen molar-refractivity contribution in [3.05, 3.63) is 50.7 Å². The number of ketones is 1. The fourth-order valence-electron chi connectivity index (χ4n) is 3.23. The Balaban J connectivity index is 1.73. The van der Waals surface area contributed by atoms with E-state index >= 15 is 0 Å². The molecule has 0 saturated carbocycles. The van der Waals surface area contributed by atoms with E-state index in [0.717, 1.165) is 12.8 Å². The second-order valence-electron chi connectivity index (χ2n) is 6.79. The third-order valence-electron chi connectivity index (χ3n) is 4.66. The molecule has 0 unspecified atom stereocenters. The topological polar surface area (TPSA) is 52.6 Å². The number of aryl methyl sites for hydroxylation is 1. The minimum absolute atomic E-state index is 0.0272. The Kier molecular flexibility index (Phi) is 5.77. The van der Waals surface area contributed by atoms with Gasteiger partial charge in [0.15, 0.2) is 5.78 Å². The van der Waals surface area contributed by atoms with Crippen LogP contribution in [0.1, 0.15) is 63.2 Å². The molecule has 0 spiro atoms. The first-order valence-corrected chi connectivity index (χ1v) is 9.85. The molecule has 1 aromatic carbocycles. The molecule has 0 amide bonds. The molecule has 4 nitrogen and oxygen atoms in total. The summed E-state index contributed by atoms with van der Waals surface area (Å²) in [6.45, 7) is 6.26. The van der Waals surface area contributed by atoms with Crippen LogP contribution in [-0.4, -0.2) is 18.4 Å². The van der Waals surface area contributed by atoms with Crippen molar-refractivity contribution in [3.63, 3.8) is 0 Å². The number of Topliss-reactive ketones (excluding diaryl/α,β-unsaturated/α-hetero) is 1. The molecule has 1 aromatic heterocycles. The number of benzene rings is 1. The van der Waals surface area contributed by atoms with Gasteiger partial charge in [0, 0.05) is 16.0 Å². The molecule has 26 heavy (non-hydrogen) atoms. The summed E-state index contributed by atoms with van der Waals surface area (Å²) in [5.41, 5.74) is 2.58. The number of hydrogen-bond donors (Lipinski definition) is 0. The Hall–Kier alpha value is -2.14. The van der Waals surface area contributed by atoms with E-state index in [1.807, 2.05) is 13.0 Å². The quantitative estimate of drug-likeness (QED) is 0.538. The molecule has 1 atom stereocenters. The Morgan fingerprint density at radius 3 is 2.81 bits per heavy atom. The summed E-state index contributed by atoms with van der Waals surface area (Å²) in [4.78, 5) is 26.1. The average molecular weight is 372 g/mol. The van der Waals surface area contributed by atoms with Crippen LogP contribution in [0.5, 0.6) is 5.75 Å². The van der Waals surface area contributed by atoms with Crippen molar-refractivity contribution in [2.24, 2.45) is 5.92 Å². The van der Waals surface area contributed by atoms with Gasteiger partial charge in [0.2, 0.25) is 0 Å². The second-order valence-corrected chi connectivity index (χ2v) is 7.93. The first kappa shape index (κ1) is 18.6. The van der Waals surface area contributed by atoms with E-state index in [1.165, 1.54) is 23.8 Å². The van der Waals surface area contributed by atoms with Crippen LogP contribution in [0.3, 0.4) is 0 Å². The van der Waals surface area contributed by atoms with Crippen LogP contribution in [0.4, 0.5) is 0 Å². The van der Waals surface area contributed by atoms with Crippen LogP contribution < -0.4 is 4.74 Å². The fourth-order valence-corrected chi connectivity index (χ4v) is 4.33. The highest BCUT2D eigenvalue weighted by molar-refractivity contribution is 7.14.